The number of anilines is 1. The van der Waals surface area contributed by atoms with Crippen molar-refractivity contribution in [2.75, 3.05) is 12.0 Å². The van der Waals surface area contributed by atoms with Crippen LogP contribution in [0.3, 0.4) is 0 Å². The van der Waals surface area contributed by atoms with Crippen LogP contribution in [0.15, 0.2) is 66.2 Å². The summed E-state index contributed by atoms with van der Waals surface area (Å²) in [6.07, 6.45) is 0. The highest BCUT2D eigenvalue weighted by atomic mass is 35.5. The molecule has 36 heavy (non-hydrogen) atoms. The number of nitrogens with one attached hydrogen (secondary N) is 1. The summed E-state index contributed by atoms with van der Waals surface area (Å²) in [5.41, 5.74) is 5.12. The van der Waals surface area contributed by atoms with Crippen molar-refractivity contribution in [1.29, 1.82) is 0 Å². The second-order valence-corrected chi connectivity index (χ2v) is 9.51. The number of fused-ring (bicyclic) bond motifs is 1. The number of carbonyl (C=O) groups is 2. The summed E-state index contributed by atoms with van der Waals surface area (Å²) in [5.74, 6) is -1.49. The summed E-state index contributed by atoms with van der Waals surface area (Å²) in [5, 5.41) is 12.8. The van der Waals surface area contributed by atoms with E-state index in [1.54, 1.807) is 12.1 Å². The van der Waals surface area contributed by atoms with Gasteiger partial charge in [0.2, 0.25) is 0 Å². The minimum Gasteiger partial charge on any atom is -0.507 e. The molecule has 1 fully saturated rings. The molecule has 0 bridgehead atoms. The predicted octanol–water partition coefficient (Wildman–Crippen LogP) is 6.38. The van der Waals surface area contributed by atoms with Crippen molar-refractivity contribution in [1.82, 2.24) is 4.98 Å². The Kier molecular flexibility index (Phi) is 5.85. The van der Waals surface area contributed by atoms with Crippen LogP contribution < -0.4 is 9.64 Å². The van der Waals surface area contributed by atoms with Crippen LogP contribution in [0.1, 0.15) is 34.0 Å². The van der Waals surface area contributed by atoms with Crippen molar-refractivity contribution in [2.45, 2.75) is 26.8 Å². The van der Waals surface area contributed by atoms with Crippen LogP contribution >= 0.6 is 11.6 Å². The molecule has 1 aliphatic heterocycles. The molecule has 0 spiro atoms. The number of Topliss-reactive ketones (excluding diaryl/α,β-unsaturated/α-hetero) is 1. The first-order valence-corrected chi connectivity index (χ1v) is 11.9. The van der Waals surface area contributed by atoms with Gasteiger partial charge in [-0.3, -0.25) is 14.5 Å². The molecule has 6 nitrogen and oxygen atoms in total. The fraction of sp³-hybridized carbons (Fsp3) is 0.172. The molecule has 1 unspecified atom stereocenters. The summed E-state index contributed by atoms with van der Waals surface area (Å²) in [6.45, 7) is 5.78. The minimum atomic E-state index is -0.869. The fourth-order valence-corrected chi connectivity index (χ4v) is 5.29. The van der Waals surface area contributed by atoms with Gasteiger partial charge in [0.05, 0.1) is 24.3 Å². The first-order chi connectivity index (χ1) is 17.2. The van der Waals surface area contributed by atoms with Crippen molar-refractivity contribution in [2.24, 2.45) is 0 Å². The number of hydrogen-bond donors (Lipinski definition) is 2. The van der Waals surface area contributed by atoms with Crippen molar-refractivity contribution >= 4 is 45.6 Å². The van der Waals surface area contributed by atoms with Gasteiger partial charge in [-0.1, -0.05) is 35.9 Å². The lowest BCUT2D eigenvalue weighted by atomic mass is 9.92. The Balaban J connectivity index is 1.86. The number of methoxy groups -OCH3 is 1. The number of aryl methyl sites for hydroxylation is 3. The molecule has 3 aromatic carbocycles. The van der Waals surface area contributed by atoms with Gasteiger partial charge in [0.1, 0.15) is 11.5 Å². The number of aliphatic hydroxyl groups excluding tert-OH is 1. The van der Waals surface area contributed by atoms with Gasteiger partial charge in [0.15, 0.2) is 0 Å². The number of halogens is 1. The second-order valence-electron chi connectivity index (χ2n) is 9.07. The molecule has 0 aliphatic carbocycles. The topological polar surface area (TPSA) is 82.6 Å². The minimum absolute atomic E-state index is 0.0208. The van der Waals surface area contributed by atoms with Crippen molar-refractivity contribution in [3.8, 4) is 5.75 Å². The number of para-hydroxylation sites is 1. The highest BCUT2D eigenvalue weighted by molar-refractivity contribution is 6.52. The SMILES string of the molecule is COc1ccc(Cl)cc1/C(O)=C1\C(=O)C(=O)N(c2cc(C)cc(C)c2)C1c1c(C)[nH]c2ccccc12. The molecule has 1 amide bonds. The lowest BCUT2D eigenvalue weighted by Crippen LogP contribution is -2.29. The molecule has 1 atom stereocenters. The zero-order chi connectivity index (χ0) is 25.7. The molecule has 2 N–H and O–H groups in total. The van der Waals surface area contributed by atoms with Crippen molar-refractivity contribution in [3.05, 3.63) is 99.2 Å². The van der Waals surface area contributed by atoms with Crippen LogP contribution in [-0.4, -0.2) is 28.9 Å². The largest absolute Gasteiger partial charge is 0.507 e. The first kappa shape index (κ1) is 23.7. The molecule has 2 heterocycles. The zero-order valence-corrected chi connectivity index (χ0v) is 21.1. The molecule has 5 rings (SSSR count). The number of nitrogens with zero attached hydrogens (tertiary/aromatic N) is 1. The molecule has 0 radical (unpaired) electrons. The monoisotopic (exact) mass is 500 g/mol. The van der Waals surface area contributed by atoms with Gasteiger partial charge >= 0.3 is 0 Å². The quantitative estimate of drug-likeness (QED) is 0.193. The third kappa shape index (κ3) is 3.74. The lowest BCUT2D eigenvalue weighted by molar-refractivity contribution is -0.132. The first-order valence-electron chi connectivity index (χ1n) is 11.5. The number of aromatic amines is 1. The maximum atomic E-state index is 13.6. The molecule has 7 heteroatoms. The van der Waals surface area contributed by atoms with Gasteiger partial charge in [-0.25, -0.2) is 0 Å². The molecule has 1 aromatic heterocycles. The lowest BCUT2D eigenvalue weighted by Gasteiger charge is -2.26. The zero-order valence-electron chi connectivity index (χ0n) is 20.3. The molecular weight excluding hydrogens is 476 g/mol. The molecule has 4 aromatic rings. The molecule has 0 saturated carbocycles. The number of ether oxygens (including phenoxy) is 1. The van der Waals surface area contributed by atoms with Crippen LogP contribution in [0.5, 0.6) is 5.75 Å². The Morgan fingerprint density at radius 3 is 2.39 bits per heavy atom. The average molecular weight is 501 g/mol. The third-order valence-electron chi connectivity index (χ3n) is 6.56. The maximum absolute atomic E-state index is 13.6. The van der Waals surface area contributed by atoms with E-state index in [0.29, 0.717) is 16.5 Å². The van der Waals surface area contributed by atoms with Gasteiger partial charge in [-0.15, -0.1) is 0 Å². The van der Waals surface area contributed by atoms with Crippen LogP contribution in [0.4, 0.5) is 5.69 Å². The summed E-state index contributed by atoms with van der Waals surface area (Å²) in [7, 11) is 1.47. The number of rotatable bonds is 4. The van der Waals surface area contributed by atoms with Crippen LogP contribution in [0, 0.1) is 20.8 Å². The Labute approximate surface area is 213 Å². The maximum Gasteiger partial charge on any atom is 0.300 e. The van der Waals surface area contributed by atoms with Crippen LogP contribution in [-0.2, 0) is 9.59 Å². The Bertz CT molecular complexity index is 1560. The standard InChI is InChI=1S/C29H25ClN2O4/c1-15-11-16(2)13-19(12-15)32-26(24-17(3)31-22-8-6-5-7-20(22)24)25(28(34)29(32)35)27(33)21-14-18(30)9-10-23(21)36-4/h5-14,26,31,33H,1-4H3/b27-25+. The summed E-state index contributed by atoms with van der Waals surface area (Å²) >= 11 is 6.23. The van der Waals surface area contributed by atoms with Gasteiger partial charge in [-0.05, 0) is 68.3 Å². The van der Waals surface area contributed by atoms with E-state index in [1.807, 2.05) is 63.2 Å². The molecule has 1 aliphatic rings. The highest BCUT2D eigenvalue weighted by Crippen LogP contribution is 2.46. The van der Waals surface area contributed by atoms with Crippen molar-refractivity contribution in [3.63, 3.8) is 0 Å². The molecule has 1 saturated heterocycles. The Hall–Kier alpha value is -4.03. The molecule has 182 valence electrons. The van der Waals surface area contributed by atoms with Gasteiger partial charge < -0.3 is 14.8 Å². The normalized spacial score (nSPS) is 17.2. The van der Waals surface area contributed by atoms with E-state index in [1.165, 1.54) is 18.1 Å². The highest BCUT2D eigenvalue weighted by Gasteiger charge is 2.48. The number of amides is 1. The summed E-state index contributed by atoms with van der Waals surface area (Å²) < 4.78 is 5.44. The number of H-pyrrole nitrogens is 1. The Morgan fingerprint density at radius 1 is 1.00 bits per heavy atom. The Morgan fingerprint density at radius 2 is 1.69 bits per heavy atom. The fourth-order valence-electron chi connectivity index (χ4n) is 5.12. The van der Waals surface area contributed by atoms with Gasteiger partial charge in [0.25, 0.3) is 11.7 Å². The number of carbonyl (C=O) groups excluding carboxylic acids is 2. The van der Waals surface area contributed by atoms with Gasteiger partial charge in [-0.2, -0.15) is 0 Å². The van der Waals surface area contributed by atoms with E-state index in [0.717, 1.165) is 33.3 Å². The predicted molar refractivity (Wildman–Crippen MR) is 142 cm³/mol. The van der Waals surface area contributed by atoms with Gasteiger partial charge in [0, 0.05) is 32.9 Å². The molecular formula is C29H25ClN2O4. The van der Waals surface area contributed by atoms with Crippen molar-refractivity contribution < 1.29 is 19.4 Å². The second kappa shape index (κ2) is 8.88. The average Bonchev–Trinajstić information content (AvgIpc) is 3.30. The van der Waals surface area contributed by atoms with E-state index in [-0.39, 0.29) is 16.9 Å². The van der Waals surface area contributed by atoms with E-state index in [4.69, 9.17) is 16.3 Å². The summed E-state index contributed by atoms with van der Waals surface area (Å²) in [4.78, 5) is 32.1. The third-order valence-corrected chi connectivity index (χ3v) is 6.80. The van der Waals surface area contributed by atoms with Crippen LogP contribution in [0.2, 0.25) is 5.02 Å². The smallest absolute Gasteiger partial charge is 0.300 e. The number of aromatic nitrogens is 1. The van der Waals surface area contributed by atoms with E-state index >= 15 is 0 Å². The van der Waals surface area contributed by atoms with E-state index in [2.05, 4.69) is 4.98 Å². The summed E-state index contributed by atoms with van der Waals surface area (Å²) in [6, 6.07) is 17.3. The van der Waals surface area contributed by atoms with Crippen LogP contribution in [0.25, 0.3) is 16.7 Å². The number of hydrogen-bond acceptors (Lipinski definition) is 4. The number of benzene rings is 3. The van der Waals surface area contributed by atoms with E-state index in [9.17, 15) is 14.7 Å². The van der Waals surface area contributed by atoms with E-state index < -0.39 is 17.7 Å². The number of aliphatic hydroxyl groups is 1. The number of ketones is 1.